The van der Waals surface area contributed by atoms with Gasteiger partial charge >= 0.3 is 52.7 Å². The van der Waals surface area contributed by atoms with Crippen molar-refractivity contribution in [3.63, 3.8) is 0 Å². The van der Waals surface area contributed by atoms with E-state index in [1.807, 2.05) is 0 Å². The van der Waals surface area contributed by atoms with Gasteiger partial charge in [0.15, 0.2) is 0 Å². The average Bonchev–Trinajstić information content (AvgIpc) is 0. The molecule has 0 fully saturated rings. The zero-order valence-electron chi connectivity index (χ0n) is 2.10. The predicted octanol–water partition coefficient (Wildman–Crippen LogP) is -3.12. The summed E-state index contributed by atoms with van der Waals surface area (Å²) in [4.78, 5) is 0. The van der Waals surface area contributed by atoms with Crippen LogP contribution in [0.2, 0.25) is 0 Å². The Kier molecular flexibility index (Phi) is 275. The van der Waals surface area contributed by atoms with Crippen molar-refractivity contribution >= 4 is 0 Å². The van der Waals surface area contributed by atoms with Gasteiger partial charge in [-0.15, -0.1) is 0 Å². The van der Waals surface area contributed by atoms with Gasteiger partial charge in [-0.25, -0.2) is 0 Å². The van der Waals surface area contributed by atoms with Crippen LogP contribution in [0, 0.1) is 0 Å². The van der Waals surface area contributed by atoms with Gasteiger partial charge in [-0.1, -0.05) is 0 Å². The maximum Gasteiger partial charge on any atom is 2.00 e. The minimum atomic E-state index is 0. The van der Waals surface area contributed by atoms with Crippen LogP contribution in [-0.4, -0.2) is 0 Å². The van der Waals surface area contributed by atoms with Crippen molar-refractivity contribution in [2.75, 3.05) is 0 Å². The molecule has 0 saturated carbocycles. The molecule has 0 aliphatic heterocycles. The molecule has 0 spiro atoms. The van der Waals surface area contributed by atoms with Gasteiger partial charge in [-0.05, 0) is 0 Å². The fraction of sp³-hybridized carbons (Fsp3) is 0. The molecule has 21 valence electrons. The molecule has 0 heterocycles. The normalized spacial score (nSPS) is 0. The van der Waals surface area contributed by atoms with E-state index in [2.05, 4.69) is 0 Å². The van der Waals surface area contributed by atoms with E-state index in [4.69, 9.17) is 0 Å². The standard InChI is InChI=1S/Co.Fe.Li.O/q2*+2;+1;-2. The van der Waals surface area contributed by atoms with Gasteiger partial charge in [-0.3, -0.25) is 0 Å². The summed E-state index contributed by atoms with van der Waals surface area (Å²) in [6, 6.07) is 0. The van der Waals surface area contributed by atoms with Crippen LogP contribution < -0.4 is 18.9 Å². The van der Waals surface area contributed by atoms with Gasteiger partial charge in [-0.2, -0.15) is 0 Å². The third-order valence-electron chi connectivity index (χ3n) is 0. The van der Waals surface area contributed by atoms with Crippen LogP contribution in [0.5, 0.6) is 0 Å². The first kappa shape index (κ1) is 46.8. The summed E-state index contributed by atoms with van der Waals surface area (Å²) in [5, 5.41) is 0. The zero-order chi connectivity index (χ0) is 0. The van der Waals surface area contributed by atoms with E-state index < -0.39 is 0 Å². The molecular formula is CoFeLiO+3. The van der Waals surface area contributed by atoms with Crippen molar-refractivity contribution in [3.8, 4) is 0 Å². The first-order valence-electron chi connectivity index (χ1n) is 0. The maximum atomic E-state index is 0. The van der Waals surface area contributed by atoms with Crippen molar-refractivity contribution in [3.05, 3.63) is 0 Å². The van der Waals surface area contributed by atoms with Crippen molar-refractivity contribution in [1.82, 2.24) is 0 Å². The molecule has 0 aromatic rings. The van der Waals surface area contributed by atoms with Crippen LogP contribution in [0.15, 0.2) is 0 Å². The molecule has 0 N–H and O–H groups in total. The Bertz CT molecular complexity index is 8.00. The second-order valence-electron chi connectivity index (χ2n) is 0. The fourth-order valence-electron chi connectivity index (χ4n) is 0. The Hall–Kier alpha value is 1.58. The topological polar surface area (TPSA) is 28.5 Å². The maximum absolute atomic E-state index is 0. The Labute approximate surface area is 58.1 Å². The summed E-state index contributed by atoms with van der Waals surface area (Å²) in [5.41, 5.74) is 0. The quantitative estimate of drug-likeness (QED) is 0.317. The van der Waals surface area contributed by atoms with E-state index in [-0.39, 0.29) is 58.2 Å². The minimum absolute atomic E-state index is 0. The van der Waals surface area contributed by atoms with E-state index in [1.54, 1.807) is 0 Å². The molecule has 4 heteroatoms. The van der Waals surface area contributed by atoms with E-state index in [9.17, 15) is 0 Å². The summed E-state index contributed by atoms with van der Waals surface area (Å²) >= 11 is 0. The summed E-state index contributed by atoms with van der Waals surface area (Å²) < 4.78 is 0. The third kappa shape index (κ3) is 9.54. The van der Waals surface area contributed by atoms with Gasteiger partial charge < -0.3 is 5.48 Å². The molecule has 0 bridgehead atoms. The van der Waals surface area contributed by atoms with E-state index in [0.717, 1.165) is 0 Å². The SMILES string of the molecule is [Co+2].[Fe+2].[Li+].[O-2]. The fourth-order valence-corrected chi connectivity index (χ4v) is 0. The largest absolute Gasteiger partial charge is 2.00 e. The second-order valence-corrected chi connectivity index (χ2v) is 0. The van der Waals surface area contributed by atoms with Crippen LogP contribution in [-0.2, 0) is 39.3 Å². The van der Waals surface area contributed by atoms with Crippen molar-refractivity contribution in [2.45, 2.75) is 0 Å². The number of hydrogen-bond acceptors (Lipinski definition) is 0. The first-order chi connectivity index (χ1) is 0. The van der Waals surface area contributed by atoms with Gasteiger partial charge in [0.25, 0.3) is 0 Å². The number of hydrogen-bond donors (Lipinski definition) is 0. The Balaban J connectivity index is 0. The molecule has 0 rings (SSSR count). The van der Waals surface area contributed by atoms with Gasteiger partial charge in [0.1, 0.15) is 0 Å². The summed E-state index contributed by atoms with van der Waals surface area (Å²) in [5.74, 6) is 0. The van der Waals surface area contributed by atoms with Crippen LogP contribution in [0.25, 0.3) is 0 Å². The Morgan fingerprint density at radius 3 is 1.00 bits per heavy atom. The summed E-state index contributed by atoms with van der Waals surface area (Å²) in [6.07, 6.45) is 0. The zero-order valence-corrected chi connectivity index (χ0v) is 4.24. The number of rotatable bonds is 0. The molecule has 4 heavy (non-hydrogen) atoms. The van der Waals surface area contributed by atoms with Crippen LogP contribution >= 0.6 is 0 Å². The average molecular weight is 138 g/mol. The minimum Gasteiger partial charge on any atom is -2.00 e. The van der Waals surface area contributed by atoms with Crippen LogP contribution in [0.4, 0.5) is 0 Å². The van der Waals surface area contributed by atoms with Gasteiger partial charge in [0.05, 0.1) is 0 Å². The molecule has 0 amide bonds. The Morgan fingerprint density at radius 2 is 1.00 bits per heavy atom. The van der Waals surface area contributed by atoms with Crippen molar-refractivity contribution in [1.29, 1.82) is 0 Å². The Morgan fingerprint density at radius 1 is 1.00 bits per heavy atom. The predicted molar refractivity (Wildman–Crippen MR) is 0.686 cm³/mol. The first-order valence-corrected chi connectivity index (χ1v) is 0. The molecule has 0 atom stereocenters. The second kappa shape index (κ2) is 23.5. The molecule has 0 aliphatic carbocycles. The van der Waals surface area contributed by atoms with Gasteiger partial charge in [0.2, 0.25) is 0 Å². The van der Waals surface area contributed by atoms with E-state index in [1.165, 1.54) is 0 Å². The van der Waals surface area contributed by atoms with Gasteiger partial charge in [0, 0.05) is 0 Å². The molecule has 0 aromatic heterocycles. The third-order valence-corrected chi connectivity index (χ3v) is 0. The van der Waals surface area contributed by atoms with Crippen molar-refractivity contribution in [2.24, 2.45) is 0 Å². The molecule has 0 unspecified atom stereocenters. The van der Waals surface area contributed by atoms with Crippen LogP contribution in [0.3, 0.4) is 0 Å². The summed E-state index contributed by atoms with van der Waals surface area (Å²) in [7, 11) is 0. The molecular weight excluding hydrogens is 138 g/mol. The molecule has 0 saturated heterocycles. The smallest absolute Gasteiger partial charge is 2.00 e. The van der Waals surface area contributed by atoms with Crippen LogP contribution in [0.1, 0.15) is 0 Å². The molecule has 1 nitrogen and oxygen atoms in total. The van der Waals surface area contributed by atoms with Crippen molar-refractivity contribution < 1.29 is 58.2 Å². The van der Waals surface area contributed by atoms with E-state index in [0.29, 0.717) is 0 Å². The summed E-state index contributed by atoms with van der Waals surface area (Å²) in [6.45, 7) is 0. The molecule has 0 aliphatic rings. The molecule has 1 radical (unpaired) electrons. The van der Waals surface area contributed by atoms with E-state index >= 15 is 0 Å². The monoisotopic (exact) mass is 138 g/mol. The molecule has 0 aromatic carbocycles.